The molecule has 3 heterocycles. The molecule has 1 fully saturated rings. The molecule has 0 aromatic carbocycles. The molecule has 2 aromatic heterocycles. The number of thiophene rings is 1. The Morgan fingerprint density at radius 3 is 2.72 bits per heavy atom. The van der Waals surface area contributed by atoms with Gasteiger partial charge in [0.25, 0.3) is 5.91 Å². The lowest BCUT2D eigenvalue weighted by Crippen LogP contribution is -2.48. The first kappa shape index (κ1) is 20.9. The minimum absolute atomic E-state index is 0.0495. The first-order valence-corrected chi connectivity index (χ1v) is 10.6. The van der Waals surface area contributed by atoms with Crippen LogP contribution in [-0.4, -0.2) is 46.9 Å². The van der Waals surface area contributed by atoms with Gasteiger partial charge >= 0.3 is 12.0 Å². The average molecular weight is 437 g/mol. The zero-order valence-corrected chi connectivity index (χ0v) is 17.6. The van der Waals surface area contributed by atoms with E-state index in [0.29, 0.717) is 5.56 Å². The van der Waals surface area contributed by atoms with E-state index in [1.54, 1.807) is 11.4 Å². The summed E-state index contributed by atoms with van der Waals surface area (Å²) in [6, 6.07) is -0.654. The predicted octanol–water partition coefficient (Wildman–Crippen LogP) is 2.64. The van der Waals surface area contributed by atoms with E-state index in [-0.39, 0.29) is 23.2 Å². The first-order valence-electron chi connectivity index (χ1n) is 8.82. The zero-order chi connectivity index (χ0) is 21.1. The molecule has 29 heavy (non-hydrogen) atoms. The summed E-state index contributed by atoms with van der Waals surface area (Å²) < 4.78 is 4.60. The Labute approximate surface area is 175 Å². The Hall–Kier alpha value is -2.79. The molecule has 2 N–H and O–H groups in total. The number of esters is 1. The normalized spacial score (nSPS) is 17.4. The number of imide groups is 1. The molecule has 0 saturated carbocycles. The quantitative estimate of drug-likeness (QED) is 0.509. The molecular formula is C18H20N4O5S2. The van der Waals surface area contributed by atoms with Gasteiger partial charge in [-0.3, -0.25) is 9.59 Å². The maximum atomic E-state index is 12.9. The van der Waals surface area contributed by atoms with Gasteiger partial charge in [-0.15, -0.1) is 11.3 Å². The number of ether oxygens (including phenoxy) is 1. The van der Waals surface area contributed by atoms with Crippen molar-refractivity contribution in [1.82, 2.24) is 15.2 Å². The van der Waals surface area contributed by atoms with Crippen LogP contribution < -0.4 is 10.6 Å². The Balaban J connectivity index is 1.81. The third kappa shape index (κ3) is 4.46. The number of anilines is 1. The SMILES string of the molecule is COC(=O)c1csc(NC(=O)[C@H](CC(C)C)N2C(=O)NC(c3ccsc3)C2=O)n1. The van der Waals surface area contributed by atoms with Gasteiger partial charge in [0.05, 0.1) is 7.11 Å². The van der Waals surface area contributed by atoms with Crippen LogP contribution in [0.1, 0.15) is 42.4 Å². The summed E-state index contributed by atoms with van der Waals surface area (Å²) in [6.45, 7) is 3.79. The highest BCUT2D eigenvalue weighted by Gasteiger charge is 2.45. The maximum absolute atomic E-state index is 12.9. The van der Waals surface area contributed by atoms with Gasteiger partial charge < -0.3 is 15.4 Å². The molecule has 1 aliphatic rings. The van der Waals surface area contributed by atoms with Crippen molar-refractivity contribution >= 4 is 51.6 Å². The van der Waals surface area contributed by atoms with Gasteiger partial charge in [-0.2, -0.15) is 11.3 Å². The van der Waals surface area contributed by atoms with Crippen molar-refractivity contribution in [3.8, 4) is 0 Å². The third-order valence-corrected chi connectivity index (χ3v) is 5.74. The molecule has 154 valence electrons. The number of nitrogens with one attached hydrogen (secondary N) is 2. The molecule has 11 heteroatoms. The molecular weight excluding hydrogens is 416 g/mol. The number of carbonyl (C=O) groups is 4. The Bertz CT molecular complexity index is 925. The lowest BCUT2D eigenvalue weighted by Gasteiger charge is -2.25. The van der Waals surface area contributed by atoms with Crippen molar-refractivity contribution in [2.24, 2.45) is 5.92 Å². The van der Waals surface area contributed by atoms with E-state index < -0.39 is 35.9 Å². The van der Waals surface area contributed by atoms with E-state index in [2.05, 4.69) is 20.4 Å². The van der Waals surface area contributed by atoms with E-state index in [4.69, 9.17) is 0 Å². The van der Waals surface area contributed by atoms with Crippen LogP contribution >= 0.6 is 22.7 Å². The van der Waals surface area contributed by atoms with E-state index in [1.165, 1.54) is 23.8 Å². The zero-order valence-electron chi connectivity index (χ0n) is 16.0. The number of aromatic nitrogens is 1. The summed E-state index contributed by atoms with van der Waals surface area (Å²) in [5, 5.41) is 10.5. The standard InChI is InChI=1S/C18H20N4O5S2/c1-9(2)6-12(14(23)21-17-19-11(8-29-17)16(25)27-3)22-15(24)13(20-18(22)26)10-4-5-28-7-10/h4-5,7-9,12-13H,6H2,1-3H3,(H,20,26)(H,19,21,23)/t12-,13?/m0/s1. The molecule has 1 saturated heterocycles. The molecule has 3 rings (SSSR count). The van der Waals surface area contributed by atoms with Crippen LogP contribution in [0.4, 0.5) is 9.93 Å². The molecule has 0 aliphatic carbocycles. The minimum Gasteiger partial charge on any atom is -0.464 e. The molecule has 0 spiro atoms. The van der Waals surface area contributed by atoms with Gasteiger partial charge in [-0.25, -0.2) is 19.5 Å². The third-order valence-electron chi connectivity index (χ3n) is 4.29. The monoisotopic (exact) mass is 436 g/mol. The Kier molecular flexibility index (Phi) is 6.28. The second kappa shape index (κ2) is 8.70. The van der Waals surface area contributed by atoms with Crippen molar-refractivity contribution in [3.05, 3.63) is 33.5 Å². The first-order chi connectivity index (χ1) is 13.8. The average Bonchev–Trinajstić information content (AvgIpc) is 3.40. The van der Waals surface area contributed by atoms with Gasteiger partial charge in [0.15, 0.2) is 10.8 Å². The molecule has 1 aliphatic heterocycles. The minimum atomic E-state index is -1.00. The summed E-state index contributed by atoms with van der Waals surface area (Å²) in [4.78, 5) is 54.9. The highest BCUT2D eigenvalue weighted by atomic mass is 32.1. The van der Waals surface area contributed by atoms with Crippen molar-refractivity contribution in [2.75, 3.05) is 12.4 Å². The molecule has 0 bridgehead atoms. The van der Waals surface area contributed by atoms with Gasteiger partial charge in [0.1, 0.15) is 12.1 Å². The number of methoxy groups -OCH3 is 1. The van der Waals surface area contributed by atoms with E-state index in [1.807, 2.05) is 19.2 Å². The molecule has 0 radical (unpaired) electrons. The second-order valence-corrected chi connectivity index (χ2v) is 8.45. The van der Waals surface area contributed by atoms with E-state index in [9.17, 15) is 19.2 Å². The van der Waals surface area contributed by atoms with Crippen molar-refractivity contribution in [2.45, 2.75) is 32.4 Å². The smallest absolute Gasteiger partial charge is 0.357 e. The Morgan fingerprint density at radius 2 is 2.10 bits per heavy atom. The fraction of sp³-hybridized carbons (Fsp3) is 0.389. The molecule has 2 atom stereocenters. The maximum Gasteiger partial charge on any atom is 0.357 e. The van der Waals surface area contributed by atoms with Gasteiger partial charge in [0.2, 0.25) is 5.91 Å². The number of amides is 4. The second-order valence-electron chi connectivity index (χ2n) is 6.81. The number of thiazole rings is 1. The van der Waals surface area contributed by atoms with Crippen LogP contribution in [-0.2, 0) is 14.3 Å². The van der Waals surface area contributed by atoms with Crippen LogP contribution in [0.5, 0.6) is 0 Å². The van der Waals surface area contributed by atoms with E-state index >= 15 is 0 Å². The summed E-state index contributed by atoms with van der Waals surface area (Å²) in [7, 11) is 1.24. The summed E-state index contributed by atoms with van der Waals surface area (Å²) >= 11 is 2.47. The fourth-order valence-corrected chi connectivity index (χ4v) is 4.32. The Morgan fingerprint density at radius 1 is 1.34 bits per heavy atom. The molecule has 1 unspecified atom stereocenters. The lowest BCUT2D eigenvalue weighted by molar-refractivity contribution is -0.134. The number of urea groups is 1. The highest BCUT2D eigenvalue weighted by Crippen LogP contribution is 2.28. The van der Waals surface area contributed by atoms with Gasteiger partial charge in [-0.1, -0.05) is 13.8 Å². The van der Waals surface area contributed by atoms with Crippen LogP contribution in [0.25, 0.3) is 0 Å². The number of hydrogen-bond donors (Lipinski definition) is 2. The van der Waals surface area contributed by atoms with Crippen LogP contribution in [0.3, 0.4) is 0 Å². The summed E-state index contributed by atoms with van der Waals surface area (Å²) in [5.41, 5.74) is 0.753. The largest absolute Gasteiger partial charge is 0.464 e. The van der Waals surface area contributed by atoms with Crippen molar-refractivity contribution in [3.63, 3.8) is 0 Å². The van der Waals surface area contributed by atoms with Crippen LogP contribution in [0, 0.1) is 5.92 Å². The molecule has 9 nitrogen and oxygen atoms in total. The lowest BCUT2D eigenvalue weighted by atomic mass is 10.0. The number of nitrogens with zero attached hydrogens (tertiary/aromatic N) is 2. The molecule has 4 amide bonds. The van der Waals surface area contributed by atoms with Crippen molar-refractivity contribution < 1.29 is 23.9 Å². The number of carbonyl (C=O) groups excluding carboxylic acids is 4. The van der Waals surface area contributed by atoms with Crippen LogP contribution in [0.2, 0.25) is 0 Å². The number of rotatable bonds is 7. The number of hydrogen-bond acceptors (Lipinski definition) is 8. The predicted molar refractivity (Wildman–Crippen MR) is 108 cm³/mol. The van der Waals surface area contributed by atoms with Gasteiger partial charge in [-0.05, 0) is 34.7 Å². The fourth-order valence-electron chi connectivity index (χ4n) is 2.95. The topological polar surface area (TPSA) is 118 Å². The summed E-state index contributed by atoms with van der Waals surface area (Å²) in [6.07, 6.45) is 0.288. The van der Waals surface area contributed by atoms with Crippen molar-refractivity contribution in [1.29, 1.82) is 0 Å². The van der Waals surface area contributed by atoms with Gasteiger partial charge in [0, 0.05) is 5.38 Å². The highest BCUT2D eigenvalue weighted by molar-refractivity contribution is 7.14. The molecule has 2 aromatic rings. The summed E-state index contributed by atoms with van der Waals surface area (Å²) in [5.74, 6) is -1.58. The van der Waals surface area contributed by atoms with E-state index in [0.717, 1.165) is 16.2 Å². The van der Waals surface area contributed by atoms with Crippen LogP contribution in [0.15, 0.2) is 22.2 Å².